The molecule has 0 aliphatic rings. The Bertz CT molecular complexity index is 710. The van der Waals surface area contributed by atoms with Crippen LogP contribution in [0.2, 0.25) is 0 Å². The smallest absolute Gasteiger partial charge is 0.194 e. The Hall–Kier alpha value is -1.93. The zero-order chi connectivity index (χ0) is 12.5. The lowest BCUT2D eigenvalue weighted by Crippen LogP contribution is -2.01. The molecule has 0 saturated heterocycles. The highest BCUT2D eigenvalue weighted by molar-refractivity contribution is 7.19. The molecule has 1 aromatic heterocycles. The molecule has 1 nitrogen and oxygen atoms in total. The third kappa shape index (κ3) is 1.75. The second kappa shape index (κ2) is 4.39. The van der Waals surface area contributed by atoms with E-state index in [0.717, 1.165) is 21.4 Å². The number of rotatable bonds is 2. The van der Waals surface area contributed by atoms with Gasteiger partial charge in [0.05, 0.1) is 0 Å². The van der Waals surface area contributed by atoms with Gasteiger partial charge in [0.1, 0.15) is 0 Å². The molecule has 0 atom stereocenters. The van der Waals surface area contributed by atoms with Crippen molar-refractivity contribution in [3.8, 4) is 0 Å². The van der Waals surface area contributed by atoms with Crippen LogP contribution in [0.4, 0.5) is 0 Å². The van der Waals surface area contributed by atoms with Crippen molar-refractivity contribution in [1.82, 2.24) is 0 Å². The highest BCUT2D eigenvalue weighted by Gasteiger charge is 2.17. The van der Waals surface area contributed by atoms with E-state index >= 15 is 0 Å². The van der Waals surface area contributed by atoms with Crippen LogP contribution in [0, 0.1) is 6.92 Å². The van der Waals surface area contributed by atoms with Gasteiger partial charge in [-0.3, -0.25) is 4.79 Å². The van der Waals surface area contributed by atoms with Crippen LogP contribution in [0.3, 0.4) is 0 Å². The number of hydrogen-bond acceptors (Lipinski definition) is 2. The van der Waals surface area contributed by atoms with E-state index in [1.165, 1.54) is 4.70 Å². The zero-order valence-electron chi connectivity index (χ0n) is 10.0. The molecule has 0 amide bonds. The van der Waals surface area contributed by atoms with Crippen molar-refractivity contribution >= 4 is 27.2 Å². The van der Waals surface area contributed by atoms with E-state index in [9.17, 15) is 4.79 Å². The first kappa shape index (κ1) is 11.2. The highest BCUT2D eigenvalue weighted by atomic mass is 32.1. The fraction of sp³-hybridized carbons (Fsp3) is 0.0625. The van der Waals surface area contributed by atoms with Gasteiger partial charge in [0.15, 0.2) is 5.78 Å². The predicted octanol–water partition coefficient (Wildman–Crippen LogP) is 4.44. The standard InChI is InChI=1S/C16H12OS/c1-11-15(13-9-5-6-10-14(13)18-11)16(17)12-7-3-2-4-8-12/h2-10H,1H3. The maximum Gasteiger partial charge on any atom is 0.194 e. The molecule has 0 radical (unpaired) electrons. The Morgan fingerprint density at radius 1 is 0.944 bits per heavy atom. The van der Waals surface area contributed by atoms with Crippen molar-refractivity contribution in [3.63, 3.8) is 0 Å². The number of fused-ring (bicyclic) bond motifs is 1. The summed E-state index contributed by atoms with van der Waals surface area (Å²) in [5.74, 6) is 0.116. The number of hydrogen-bond donors (Lipinski definition) is 0. The molecule has 0 bridgehead atoms. The molecule has 3 aromatic rings. The topological polar surface area (TPSA) is 17.1 Å². The van der Waals surface area contributed by atoms with Crippen LogP contribution in [0.25, 0.3) is 10.1 Å². The summed E-state index contributed by atoms with van der Waals surface area (Å²) < 4.78 is 1.18. The summed E-state index contributed by atoms with van der Waals surface area (Å²) in [6, 6.07) is 17.5. The van der Waals surface area contributed by atoms with Gasteiger partial charge in [-0.25, -0.2) is 0 Å². The normalized spacial score (nSPS) is 10.7. The molecule has 0 fully saturated rings. The van der Waals surface area contributed by atoms with Gasteiger partial charge in [0, 0.05) is 26.1 Å². The van der Waals surface area contributed by atoms with Gasteiger partial charge in [-0.2, -0.15) is 0 Å². The Balaban J connectivity index is 2.21. The summed E-state index contributed by atoms with van der Waals surface area (Å²) in [7, 11) is 0. The second-order valence-electron chi connectivity index (χ2n) is 4.22. The van der Waals surface area contributed by atoms with Gasteiger partial charge in [-0.15, -0.1) is 11.3 Å². The molecule has 0 aliphatic heterocycles. The molecule has 0 spiro atoms. The largest absolute Gasteiger partial charge is 0.289 e. The quantitative estimate of drug-likeness (QED) is 0.616. The van der Waals surface area contributed by atoms with Crippen LogP contribution in [0.1, 0.15) is 20.8 Å². The number of aryl methyl sites for hydroxylation is 1. The number of ketones is 1. The fourth-order valence-electron chi connectivity index (χ4n) is 2.18. The average Bonchev–Trinajstić information content (AvgIpc) is 2.75. The van der Waals surface area contributed by atoms with Crippen LogP contribution in [0.5, 0.6) is 0 Å². The third-order valence-corrected chi connectivity index (χ3v) is 4.12. The van der Waals surface area contributed by atoms with E-state index in [0.29, 0.717) is 0 Å². The first-order valence-corrected chi connectivity index (χ1v) is 6.67. The van der Waals surface area contributed by atoms with Crippen LogP contribution in [-0.4, -0.2) is 5.78 Å². The summed E-state index contributed by atoms with van der Waals surface area (Å²) in [4.78, 5) is 13.6. The van der Waals surface area contributed by atoms with Gasteiger partial charge in [-0.05, 0) is 13.0 Å². The minimum atomic E-state index is 0.116. The molecule has 0 N–H and O–H groups in total. The van der Waals surface area contributed by atoms with Crippen molar-refractivity contribution < 1.29 is 4.79 Å². The number of carbonyl (C=O) groups excluding carboxylic acids is 1. The molecular weight excluding hydrogens is 240 g/mol. The van der Waals surface area contributed by atoms with Crippen molar-refractivity contribution in [2.45, 2.75) is 6.92 Å². The third-order valence-electron chi connectivity index (χ3n) is 3.03. The van der Waals surface area contributed by atoms with Crippen LogP contribution >= 0.6 is 11.3 Å². The van der Waals surface area contributed by atoms with Gasteiger partial charge in [0.2, 0.25) is 0 Å². The molecule has 3 rings (SSSR count). The van der Waals surface area contributed by atoms with E-state index in [4.69, 9.17) is 0 Å². The van der Waals surface area contributed by atoms with Crippen molar-refractivity contribution in [2.24, 2.45) is 0 Å². The summed E-state index contributed by atoms with van der Waals surface area (Å²) in [5, 5.41) is 1.06. The Morgan fingerprint density at radius 3 is 2.39 bits per heavy atom. The van der Waals surface area contributed by atoms with Gasteiger partial charge < -0.3 is 0 Å². The van der Waals surface area contributed by atoms with E-state index in [1.807, 2.05) is 55.5 Å². The van der Waals surface area contributed by atoms with E-state index < -0.39 is 0 Å². The van der Waals surface area contributed by atoms with Gasteiger partial charge >= 0.3 is 0 Å². The molecule has 0 unspecified atom stereocenters. The summed E-state index contributed by atoms with van der Waals surface area (Å²) >= 11 is 1.68. The molecule has 0 aliphatic carbocycles. The van der Waals surface area contributed by atoms with Crippen LogP contribution < -0.4 is 0 Å². The van der Waals surface area contributed by atoms with Crippen LogP contribution in [0.15, 0.2) is 54.6 Å². The molecule has 88 valence electrons. The highest BCUT2D eigenvalue weighted by Crippen LogP contribution is 2.32. The fourth-order valence-corrected chi connectivity index (χ4v) is 3.25. The first-order chi connectivity index (χ1) is 8.77. The van der Waals surface area contributed by atoms with E-state index in [-0.39, 0.29) is 5.78 Å². The van der Waals surface area contributed by atoms with E-state index in [2.05, 4.69) is 6.07 Å². The monoisotopic (exact) mass is 252 g/mol. The molecule has 0 saturated carbocycles. The Kier molecular flexibility index (Phi) is 2.73. The minimum absolute atomic E-state index is 0.116. The predicted molar refractivity (Wildman–Crippen MR) is 76.4 cm³/mol. The number of carbonyl (C=O) groups is 1. The van der Waals surface area contributed by atoms with Crippen molar-refractivity contribution in [1.29, 1.82) is 0 Å². The Morgan fingerprint density at radius 2 is 1.61 bits per heavy atom. The lowest BCUT2D eigenvalue weighted by molar-refractivity contribution is 0.104. The SMILES string of the molecule is Cc1sc2ccccc2c1C(=O)c1ccccc1. The average molecular weight is 252 g/mol. The number of benzene rings is 2. The second-order valence-corrected chi connectivity index (χ2v) is 5.48. The van der Waals surface area contributed by atoms with Gasteiger partial charge in [-0.1, -0.05) is 48.5 Å². The first-order valence-electron chi connectivity index (χ1n) is 5.85. The maximum absolute atomic E-state index is 12.5. The zero-order valence-corrected chi connectivity index (χ0v) is 10.8. The summed E-state index contributed by atoms with van der Waals surface area (Å²) in [5.41, 5.74) is 1.60. The number of thiophene rings is 1. The Labute approximate surface area is 110 Å². The van der Waals surface area contributed by atoms with Crippen LogP contribution in [-0.2, 0) is 0 Å². The molecule has 18 heavy (non-hydrogen) atoms. The lowest BCUT2D eigenvalue weighted by atomic mass is 10.0. The van der Waals surface area contributed by atoms with E-state index in [1.54, 1.807) is 11.3 Å². The van der Waals surface area contributed by atoms with Crippen molar-refractivity contribution in [2.75, 3.05) is 0 Å². The molecular formula is C16H12OS. The summed E-state index contributed by atoms with van der Waals surface area (Å²) in [6.07, 6.45) is 0. The lowest BCUT2D eigenvalue weighted by Gasteiger charge is -2.01. The molecule has 2 aromatic carbocycles. The summed E-state index contributed by atoms with van der Waals surface area (Å²) in [6.45, 7) is 2.01. The molecule has 2 heteroatoms. The molecule has 1 heterocycles. The minimum Gasteiger partial charge on any atom is -0.289 e. The van der Waals surface area contributed by atoms with Gasteiger partial charge in [0.25, 0.3) is 0 Å². The van der Waals surface area contributed by atoms with Crippen molar-refractivity contribution in [3.05, 3.63) is 70.6 Å². The maximum atomic E-state index is 12.5.